The molecule has 0 radical (unpaired) electrons. The van der Waals surface area contributed by atoms with Gasteiger partial charge in [0.05, 0.1) is 0 Å². The van der Waals surface area contributed by atoms with Gasteiger partial charge in [0.15, 0.2) is 0 Å². The number of carbonyl (C=O) groups excluding carboxylic acids is 2. The lowest BCUT2D eigenvalue weighted by Crippen LogP contribution is -2.34. The lowest BCUT2D eigenvalue weighted by molar-refractivity contribution is -0.121. The third kappa shape index (κ3) is 7.90. The zero-order valence-electron chi connectivity index (χ0n) is 9.38. The second-order valence-electron chi connectivity index (χ2n) is 3.32. The first-order valence-corrected chi connectivity index (χ1v) is 5.04. The maximum absolute atomic E-state index is 11.1. The molecule has 0 aliphatic carbocycles. The first kappa shape index (κ1) is 13.9. The van der Waals surface area contributed by atoms with Gasteiger partial charge < -0.3 is 10.2 Å². The first-order chi connectivity index (χ1) is 7.10. The zero-order valence-corrected chi connectivity index (χ0v) is 9.38. The van der Waals surface area contributed by atoms with Gasteiger partial charge in [-0.15, -0.1) is 0 Å². The van der Waals surface area contributed by atoms with E-state index >= 15 is 0 Å². The third-order valence-electron chi connectivity index (χ3n) is 1.98. The molecule has 0 aliphatic heterocycles. The summed E-state index contributed by atoms with van der Waals surface area (Å²) in [5.74, 6) is 4.78. The molecule has 0 aromatic rings. The Hall–Kier alpha value is -1.14. The molecule has 2 amide bonds. The van der Waals surface area contributed by atoms with E-state index in [0.717, 1.165) is 0 Å². The Bertz CT molecular complexity index is 208. The topological polar surface area (TPSA) is 87.5 Å². The van der Waals surface area contributed by atoms with Crippen molar-refractivity contribution >= 4 is 11.8 Å². The highest BCUT2D eigenvalue weighted by Gasteiger charge is 2.05. The molecule has 0 unspecified atom stereocenters. The number of nitrogens with zero attached hydrogens (tertiary/aromatic N) is 1. The van der Waals surface area contributed by atoms with Crippen LogP contribution in [0.5, 0.6) is 0 Å². The summed E-state index contributed by atoms with van der Waals surface area (Å²) < 4.78 is 0. The van der Waals surface area contributed by atoms with Gasteiger partial charge in [0.2, 0.25) is 11.8 Å². The number of carbonyl (C=O) groups is 2. The van der Waals surface area contributed by atoms with Crippen molar-refractivity contribution in [3.63, 3.8) is 0 Å². The molecular formula is C9H20N4O2. The first-order valence-electron chi connectivity index (χ1n) is 5.04. The van der Waals surface area contributed by atoms with Gasteiger partial charge in [-0.1, -0.05) is 0 Å². The van der Waals surface area contributed by atoms with Crippen LogP contribution in [0, 0.1) is 0 Å². The van der Waals surface area contributed by atoms with Crippen LogP contribution < -0.4 is 16.6 Å². The smallest absolute Gasteiger partial charge is 0.235 e. The minimum Gasteiger partial charge on any atom is -0.356 e. The fourth-order valence-corrected chi connectivity index (χ4v) is 1.05. The molecule has 88 valence electrons. The Morgan fingerprint density at radius 3 is 2.20 bits per heavy atom. The van der Waals surface area contributed by atoms with Crippen LogP contribution in [0.15, 0.2) is 0 Å². The summed E-state index contributed by atoms with van der Waals surface area (Å²) in [5, 5.41) is 2.71. The Balaban J connectivity index is 3.52. The van der Waals surface area contributed by atoms with Crippen LogP contribution >= 0.6 is 0 Å². The minimum atomic E-state index is -0.195. The summed E-state index contributed by atoms with van der Waals surface area (Å²) in [6.45, 7) is 3.78. The van der Waals surface area contributed by atoms with Gasteiger partial charge in [-0.2, -0.15) is 0 Å². The number of hydrogen-bond acceptors (Lipinski definition) is 4. The number of hydrazine groups is 1. The number of hydrogen-bond donors (Lipinski definition) is 3. The lowest BCUT2D eigenvalue weighted by atomic mass is 10.3. The van der Waals surface area contributed by atoms with Gasteiger partial charge in [0, 0.05) is 32.5 Å². The molecule has 0 rings (SSSR count). The number of amides is 2. The summed E-state index contributed by atoms with van der Waals surface area (Å²) in [6, 6.07) is 0. The van der Waals surface area contributed by atoms with E-state index in [0.29, 0.717) is 32.5 Å². The molecule has 0 saturated carbocycles. The van der Waals surface area contributed by atoms with E-state index in [4.69, 9.17) is 5.84 Å². The van der Waals surface area contributed by atoms with Crippen LogP contribution in [-0.4, -0.2) is 43.4 Å². The predicted molar refractivity (Wildman–Crippen MR) is 57.7 cm³/mol. The number of nitrogens with one attached hydrogen (secondary N) is 2. The predicted octanol–water partition coefficient (Wildman–Crippen LogP) is -1.18. The highest BCUT2D eigenvalue weighted by molar-refractivity contribution is 5.76. The average molecular weight is 216 g/mol. The van der Waals surface area contributed by atoms with E-state index < -0.39 is 0 Å². The van der Waals surface area contributed by atoms with Crippen molar-refractivity contribution in [3.05, 3.63) is 0 Å². The molecule has 0 aromatic carbocycles. The van der Waals surface area contributed by atoms with Crippen molar-refractivity contribution in [1.82, 2.24) is 15.6 Å². The fraction of sp³-hybridized carbons (Fsp3) is 0.778. The summed E-state index contributed by atoms with van der Waals surface area (Å²) in [4.78, 5) is 23.8. The molecule has 0 atom stereocenters. The molecule has 0 bridgehead atoms. The largest absolute Gasteiger partial charge is 0.356 e. The zero-order chi connectivity index (χ0) is 11.7. The van der Waals surface area contributed by atoms with E-state index in [1.807, 2.05) is 18.9 Å². The molecule has 15 heavy (non-hydrogen) atoms. The van der Waals surface area contributed by atoms with Crippen molar-refractivity contribution < 1.29 is 9.59 Å². The van der Waals surface area contributed by atoms with Crippen LogP contribution in [0.25, 0.3) is 0 Å². The lowest BCUT2D eigenvalue weighted by Gasteiger charge is -2.15. The molecule has 0 saturated heterocycles. The number of rotatable bonds is 7. The van der Waals surface area contributed by atoms with Crippen molar-refractivity contribution in [2.24, 2.45) is 5.84 Å². The van der Waals surface area contributed by atoms with Gasteiger partial charge in [0.1, 0.15) is 0 Å². The monoisotopic (exact) mass is 216 g/mol. The Kier molecular flexibility index (Phi) is 7.57. The van der Waals surface area contributed by atoms with E-state index in [-0.39, 0.29) is 11.8 Å². The van der Waals surface area contributed by atoms with E-state index in [1.54, 1.807) is 0 Å². The Morgan fingerprint density at radius 2 is 1.73 bits per heavy atom. The molecule has 0 aromatic heterocycles. The highest BCUT2D eigenvalue weighted by Crippen LogP contribution is 1.90. The Morgan fingerprint density at radius 1 is 1.20 bits per heavy atom. The van der Waals surface area contributed by atoms with Crippen molar-refractivity contribution in [2.75, 3.05) is 26.7 Å². The average Bonchev–Trinajstić information content (AvgIpc) is 2.23. The molecule has 0 fully saturated rings. The van der Waals surface area contributed by atoms with Gasteiger partial charge in [-0.3, -0.25) is 15.0 Å². The summed E-state index contributed by atoms with van der Waals surface area (Å²) in [7, 11) is 1.86. The molecule has 0 heterocycles. The SMILES string of the molecule is CCNC(=O)CCN(C)CCC(=O)NN. The molecule has 4 N–H and O–H groups in total. The standard InChI is InChI=1S/C9H20N4O2/c1-3-11-8(14)4-6-13(2)7-5-9(15)12-10/h3-7,10H2,1-2H3,(H,11,14)(H,12,15). The highest BCUT2D eigenvalue weighted by atomic mass is 16.2. The third-order valence-corrected chi connectivity index (χ3v) is 1.98. The molecule has 0 aliphatic rings. The minimum absolute atomic E-state index is 0.0348. The second kappa shape index (κ2) is 8.19. The van der Waals surface area contributed by atoms with Crippen LogP contribution in [0.4, 0.5) is 0 Å². The summed E-state index contributed by atoms with van der Waals surface area (Å²) >= 11 is 0. The second-order valence-corrected chi connectivity index (χ2v) is 3.32. The van der Waals surface area contributed by atoms with Crippen molar-refractivity contribution in [2.45, 2.75) is 19.8 Å². The summed E-state index contributed by atoms with van der Waals surface area (Å²) in [5.41, 5.74) is 2.06. The van der Waals surface area contributed by atoms with Gasteiger partial charge in [0.25, 0.3) is 0 Å². The fourth-order valence-electron chi connectivity index (χ4n) is 1.05. The van der Waals surface area contributed by atoms with Crippen LogP contribution in [-0.2, 0) is 9.59 Å². The summed E-state index contributed by atoms with van der Waals surface area (Å²) in [6.07, 6.45) is 0.803. The van der Waals surface area contributed by atoms with Gasteiger partial charge in [-0.25, -0.2) is 5.84 Å². The van der Waals surface area contributed by atoms with E-state index in [9.17, 15) is 9.59 Å². The van der Waals surface area contributed by atoms with E-state index in [2.05, 4.69) is 10.7 Å². The maximum Gasteiger partial charge on any atom is 0.235 e. The molecular weight excluding hydrogens is 196 g/mol. The van der Waals surface area contributed by atoms with E-state index in [1.165, 1.54) is 0 Å². The molecule has 0 spiro atoms. The number of nitrogens with two attached hydrogens (primary N) is 1. The molecule has 6 heteroatoms. The van der Waals surface area contributed by atoms with Crippen LogP contribution in [0.1, 0.15) is 19.8 Å². The molecule has 6 nitrogen and oxygen atoms in total. The Labute approximate surface area is 90.2 Å². The van der Waals surface area contributed by atoms with Crippen molar-refractivity contribution in [3.8, 4) is 0 Å². The van der Waals surface area contributed by atoms with Crippen LogP contribution in [0.2, 0.25) is 0 Å². The van der Waals surface area contributed by atoms with Gasteiger partial charge in [-0.05, 0) is 14.0 Å². The quantitative estimate of drug-likeness (QED) is 0.284. The van der Waals surface area contributed by atoms with Gasteiger partial charge >= 0.3 is 0 Å². The van der Waals surface area contributed by atoms with Crippen LogP contribution in [0.3, 0.4) is 0 Å². The van der Waals surface area contributed by atoms with Crippen molar-refractivity contribution in [1.29, 1.82) is 0 Å². The maximum atomic E-state index is 11.1. The normalized spacial score (nSPS) is 10.1.